The van der Waals surface area contributed by atoms with Gasteiger partial charge in [0.15, 0.2) is 0 Å². The lowest BCUT2D eigenvalue weighted by Crippen LogP contribution is -2.16. The number of pyridine rings is 1. The molecule has 1 fully saturated rings. The Morgan fingerprint density at radius 3 is 2.63 bits per heavy atom. The number of rotatable bonds is 5. The van der Waals surface area contributed by atoms with Gasteiger partial charge in [-0.15, -0.1) is 0 Å². The van der Waals surface area contributed by atoms with Crippen molar-refractivity contribution >= 4 is 23.1 Å². The van der Waals surface area contributed by atoms with Gasteiger partial charge in [-0.2, -0.15) is 5.10 Å². The van der Waals surface area contributed by atoms with Gasteiger partial charge >= 0.3 is 0 Å². The second-order valence-electron chi connectivity index (χ2n) is 7.49. The van der Waals surface area contributed by atoms with Crippen molar-refractivity contribution < 1.29 is 4.74 Å². The van der Waals surface area contributed by atoms with Crippen LogP contribution in [0.4, 0.5) is 5.95 Å². The van der Waals surface area contributed by atoms with Crippen LogP contribution in [0.2, 0.25) is 5.15 Å². The van der Waals surface area contributed by atoms with Crippen LogP contribution in [0.3, 0.4) is 0 Å². The average Bonchev–Trinajstić information content (AvgIpc) is 3.42. The molecule has 4 aromatic rings. The van der Waals surface area contributed by atoms with Gasteiger partial charge in [-0.3, -0.25) is 0 Å². The maximum absolute atomic E-state index is 6.44. The minimum Gasteiger partial charge on any atom is -0.497 e. The molecule has 1 aliphatic carbocycles. The summed E-state index contributed by atoms with van der Waals surface area (Å²) in [6.45, 7) is 0. The van der Waals surface area contributed by atoms with Crippen LogP contribution in [0.25, 0.3) is 28.0 Å². The second kappa shape index (κ2) is 7.95. The topological polar surface area (TPSA) is 64.3 Å². The monoisotopic (exact) mass is 419 g/mol. The molecule has 3 heterocycles. The number of hydrogen-bond acceptors (Lipinski definition) is 5. The van der Waals surface area contributed by atoms with Crippen molar-refractivity contribution in [2.24, 2.45) is 0 Å². The molecular weight excluding hydrogens is 398 g/mol. The highest BCUT2D eigenvalue weighted by Gasteiger charge is 2.20. The summed E-state index contributed by atoms with van der Waals surface area (Å²) in [6.07, 6.45) is 6.64. The number of hydrogen-bond donors (Lipinski definition) is 1. The van der Waals surface area contributed by atoms with E-state index in [-0.39, 0.29) is 0 Å². The fourth-order valence-electron chi connectivity index (χ4n) is 4.06. The molecule has 3 aromatic heterocycles. The van der Waals surface area contributed by atoms with E-state index < -0.39 is 0 Å². The predicted molar refractivity (Wildman–Crippen MR) is 119 cm³/mol. The lowest BCUT2D eigenvalue weighted by atomic mass is 10.0. The quantitative estimate of drug-likeness (QED) is 0.434. The maximum atomic E-state index is 6.44. The molecule has 0 unspecified atom stereocenters. The number of aromatic nitrogens is 4. The van der Waals surface area contributed by atoms with Crippen LogP contribution in [0.15, 0.2) is 54.7 Å². The first-order valence-electron chi connectivity index (χ1n) is 10.1. The lowest BCUT2D eigenvalue weighted by molar-refractivity contribution is 0.415. The number of methoxy groups -OCH3 is 1. The van der Waals surface area contributed by atoms with Crippen molar-refractivity contribution in [3.8, 4) is 28.3 Å². The predicted octanol–water partition coefficient (Wildman–Crippen LogP) is 5.47. The SMILES string of the molecule is COc1ccc(-c2nn3c(Cl)cccc3c2-c2ccnc(NC3CCCC3)n2)cc1. The summed E-state index contributed by atoms with van der Waals surface area (Å²) in [7, 11) is 1.66. The van der Waals surface area contributed by atoms with E-state index in [0.29, 0.717) is 17.1 Å². The van der Waals surface area contributed by atoms with Gasteiger partial charge < -0.3 is 10.1 Å². The molecule has 1 aliphatic rings. The standard InChI is InChI=1S/C23H22ClN5O/c1-30-17-11-9-15(10-12-17)22-21(19-7-4-8-20(24)29(19)28-22)18-13-14-25-23(27-18)26-16-5-2-3-6-16/h4,7-14,16H,2-3,5-6H2,1H3,(H,25,26,27). The Morgan fingerprint density at radius 1 is 1.07 bits per heavy atom. The molecule has 0 bridgehead atoms. The molecule has 0 aliphatic heterocycles. The summed E-state index contributed by atoms with van der Waals surface area (Å²) in [5.41, 5.74) is 4.43. The molecule has 30 heavy (non-hydrogen) atoms. The summed E-state index contributed by atoms with van der Waals surface area (Å²) in [5, 5.41) is 8.84. The highest BCUT2D eigenvalue weighted by molar-refractivity contribution is 6.29. The molecule has 1 N–H and O–H groups in total. The van der Waals surface area contributed by atoms with E-state index in [1.165, 1.54) is 12.8 Å². The summed E-state index contributed by atoms with van der Waals surface area (Å²) >= 11 is 6.44. The van der Waals surface area contributed by atoms with Crippen molar-refractivity contribution in [3.05, 3.63) is 59.9 Å². The van der Waals surface area contributed by atoms with E-state index in [1.807, 2.05) is 48.5 Å². The zero-order valence-corrected chi connectivity index (χ0v) is 17.4. The van der Waals surface area contributed by atoms with E-state index in [4.69, 9.17) is 26.4 Å². The summed E-state index contributed by atoms with van der Waals surface area (Å²) < 4.78 is 7.05. The number of ether oxygens (including phenoxy) is 1. The Balaban J connectivity index is 1.64. The fraction of sp³-hybridized carbons (Fsp3) is 0.261. The van der Waals surface area contributed by atoms with E-state index in [0.717, 1.165) is 46.6 Å². The number of anilines is 1. The zero-order valence-electron chi connectivity index (χ0n) is 16.7. The van der Waals surface area contributed by atoms with Crippen molar-refractivity contribution in [2.45, 2.75) is 31.7 Å². The molecule has 1 saturated carbocycles. The van der Waals surface area contributed by atoms with Crippen LogP contribution >= 0.6 is 11.6 Å². The molecule has 0 amide bonds. The van der Waals surface area contributed by atoms with E-state index >= 15 is 0 Å². The summed E-state index contributed by atoms with van der Waals surface area (Å²) in [6, 6.07) is 16.0. The molecule has 0 saturated heterocycles. The molecule has 5 rings (SSSR count). The highest BCUT2D eigenvalue weighted by Crippen LogP contribution is 2.36. The third kappa shape index (κ3) is 3.48. The Labute approximate surface area is 179 Å². The minimum atomic E-state index is 0.444. The van der Waals surface area contributed by atoms with Crippen LogP contribution in [0.1, 0.15) is 25.7 Å². The van der Waals surface area contributed by atoms with Gasteiger partial charge in [-0.25, -0.2) is 14.5 Å². The van der Waals surface area contributed by atoms with E-state index in [2.05, 4.69) is 10.3 Å². The van der Waals surface area contributed by atoms with Crippen LogP contribution < -0.4 is 10.1 Å². The Morgan fingerprint density at radius 2 is 1.87 bits per heavy atom. The van der Waals surface area contributed by atoms with Gasteiger partial charge in [0.1, 0.15) is 16.6 Å². The third-order valence-electron chi connectivity index (χ3n) is 5.57. The molecule has 1 aromatic carbocycles. The Hall–Kier alpha value is -3.12. The molecule has 0 atom stereocenters. The number of fused-ring (bicyclic) bond motifs is 1. The van der Waals surface area contributed by atoms with Crippen LogP contribution in [0, 0.1) is 0 Å². The van der Waals surface area contributed by atoms with E-state index in [1.54, 1.807) is 17.8 Å². The molecule has 7 heteroatoms. The maximum Gasteiger partial charge on any atom is 0.223 e. The molecule has 6 nitrogen and oxygen atoms in total. The zero-order chi connectivity index (χ0) is 20.5. The van der Waals surface area contributed by atoms with Crippen LogP contribution in [0.5, 0.6) is 5.75 Å². The molecular formula is C23H22ClN5O. The number of benzene rings is 1. The first kappa shape index (κ1) is 18.9. The molecule has 0 spiro atoms. The normalized spacial score (nSPS) is 14.3. The highest BCUT2D eigenvalue weighted by atomic mass is 35.5. The van der Waals surface area contributed by atoms with Crippen LogP contribution in [-0.2, 0) is 0 Å². The second-order valence-corrected chi connectivity index (χ2v) is 7.88. The Bertz CT molecular complexity index is 1180. The van der Waals surface area contributed by atoms with Crippen LogP contribution in [-0.4, -0.2) is 32.7 Å². The largest absolute Gasteiger partial charge is 0.497 e. The van der Waals surface area contributed by atoms with Gasteiger partial charge in [-0.05, 0) is 55.3 Å². The molecule has 0 radical (unpaired) electrons. The summed E-state index contributed by atoms with van der Waals surface area (Å²) in [5.74, 6) is 1.45. The van der Waals surface area contributed by atoms with Gasteiger partial charge in [0.2, 0.25) is 5.95 Å². The van der Waals surface area contributed by atoms with Crippen molar-refractivity contribution in [3.63, 3.8) is 0 Å². The van der Waals surface area contributed by atoms with Gasteiger partial charge in [0.05, 0.1) is 23.9 Å². The third-order valence-corrected chi connectivity index (χ3v) is 5.86. The lowest BCUT2D eigenvalue weighted by Gasteiger charge is -2.12. The molecule has 152 valence electrons. The number of nitrogens with one attached hydrogen (secondary N) is 1. The summed E-state index contributed by atoms with van der Waals surface area (Å²) in [4.78, 5) is 9.28. The van der Waals surface area contributed by atoms with Crippen molar-refractivity contribution in [1.29, 1.82) is 0 Å². The van der Waals surface area contributed by atoms with Gasteiger partial charge in [0.25, 0.3) is 0 Å². The fourth-order valence-corrected chi connectivity index (χ4v) is 4.26. The first-order chi connectivity index (χ1) is 14.7. The van der Waals surface area contributed by atoms with Gasteiger partial charge in [-0.1, -0.05) is 30.5 Å². The average molecular weight is 420 g/mol. The first-order valence-corrected chi connectivity index (χ1v) is 10.5. The van der Waals surface area contributed by atoms with Crippen molar-refractivity contribution in [1.82, 2.24) is 19.6 Å². The Kier molecular flexibility index (Phi) is 5.01. The smallest absolute Gasteiger partial charge is 0.223 e. The van der Waals surface area contributed by atoms with Gasteiger partial charge in [0, 0.05) is 17.8 Å². The van der Waals surface area contributed by atoms with E-state index in [9.17, 15) is 0 Å². The van der Waals surface area contributed by atoms with Crippen molar-refractivity contribution in [2.75, 3.05) is 12.4 Å². The number of halogens is 1. The minimum absolute atomic E-state index is 0.444. The number of nitrogens with zero attached hydrogens (tertiary/aromatic N) is 4.